The van der Waals surface area contributed by atoms with Crippen LogP contribution in [0.5, 0.6) is 0 Å². The molecule has 0 aromatic heterocycles. The van der Waals surface area contributed by atoms with E-state index in [1.54, 1.807) is 0 Å². The van der Waals surface area contributed by atoms with E-state index in [2.05, 4.69) is 4.72 Å². The Morgan fingerprint density at radius 1 is 1.47 bits per heavy atom. The molecule has 0 bridgehead atoms. The number of rotatable bonds is 6. The normalized spacial score (nSPS) is 25.3. The summed E-state index contributed by atoms with van der Waals surface area (Å²) in [5.74, 6) is -0.0181. The largest absolute Gasteiger partial charge is 0.384 e. The molecule has 6 nitrogen and oxygen atoms in total. The summed E-state index contributed by atoms with van der Waals surface area (Å²) in [5, 5.41) is 0. The lowest BCUT2D eigenvalue weighted by Crippen LogP contribution is -2.42. The van der Waals surface area contributed by atoms with Crippen LogP contribution in [0.4, 0.5) is 0 Å². The summed E-state index contributed by atoms with van der Waals surface area (Å²) in [6.45, 7) is 1.02. The zero-order chi connectivity index (χ0) is 12.0. The molecule has 3 N–H and O–H groups in total. The SMILES string of the molecule is COCCS(=O)(=O)NC[C@@H]1CC[C@@H](N)CO1.Cl. The van der Waals surface area contributed by atoms with E-state index in [9.17, 15) is 8.42 Å². The Kier molecular flexibility index (Phi) is 8.27. The quantitative estimate of drug-likeness (QED) is 0.686. The standard InChI is InChI=1S/C9H20N2O4S.ClH/c1-14-4-5-16(12,13)11-6-9-3-2-8(10)7-15-9;/h8-9,11H,2-7,10H2,1H3;1H/t8-,9+;/m1./s1. The highest BCUT2D eigenvalue weighted by atomic mass is 35.5. The van der Waals surface area contributed by atoms with Gasteiger partial charge in [-0.1, -0.05) is 0 Å². The molecule has 17 heavy (non-hydrogen) atoms. The van der Waals surface area contributed by atoms with E-state index < -0.39 is 10.0 Å². The molecule has 1 aliphatic rings. The van der Waals surface area contributed by atoms with E-state index in [0.717, 1.165) is 12.8 Å². The first-order valence-electron chi connectivity index (χ1n) is 5.37. The van der Waals surface area contributed by atoms with Crippen LogP contribution in [0.25, 0.3) is 0 Å². The van der Waals surface area contributed by atoms with E-state index >= 15 is 0 Å². The van der Waals surface area contributed by atoms with Gasteiger partial charge in [0.15, 0.2) is 0 Å². The number of nitrogens with two attached hydrogens (primary N) is 1. The van der Waals surface area contributed by atoms with Crippen LogP contribution in [-0.2, 0) is 19.5 Å². The predicted octanol–water partition coefficient (Wildman–Crippen LogP) is -0.520. The average Bonchev–Trinajstić information content (AvgIpc) is 2.26. The molecule has 1 heterocycles. The van der Waals surface area contributed by atoms with Crippen LogP contribution in [0.15, 0.2) is 0 Å². The molecule has 0 aromatic carbocycles. The first kappa shape index (κ1) is 17.1. The van der Waals surface area contributed by atoms with E-state index in [0.29, 0.717) is 13.2 Å². The number of sulfonamides is 1. The second-order valence-electron chi connectivity index (χ2n) is 3.95. The van der Waals surface area contributed by atoms with Crippen LogP contribution >= 0.6 is 12.4 Å². The van der Waals surface area contributed by atoms with Crippen molar-refractivity contribution in [2.45, 2.75) is 25.0 Å². The van der Waals surface area contributed by atoms with Crippen LogP contribution in [0.2, 0.25) is 0 Å². The lowest BCUT2D eigenvalue weighted by molar-refractivity contribution is 0.00922. The van der Waals surface area contributed by atoms with Gasteiger partial charge in [-0.2, -0.15) is 0 Å². The summed E-state index contributed by atoms with van der Waals surface area (Å²) in [5.41, 5.74) is 5.66. The number of methoxy groups -OCH3 is 1. The molecular formula is C9H21ClN2O4S. The van der Waals surface area contributed by atoms with Crippen molar-refractivity contribution >= 4 is 22.4 Å². The monoisotopic (exact) mass is 288 g/mol. The van der Waals surface area contributed by atoms with Gasteiger partial charge in [-0.25, -0.2) is 13.1 Å². The first-order valence-corrected chi connectivity index (χ1v) is 7.02. The van der Waals surface area contributed by atoms with Gasteiger partial charge in [0, 0.05) is 19.7 Å². The lowest BCUT2D eigenvalue weighted by Gasteiger charge is -2.26. The molecule has 0 radical (unpaired) electrons. The predicted molar refractivity (Wildman–Crippen MR) is 67.9 cm³/mol. The number of hydrogen-bond acceptors (Lipinski definition) is 5. The second-order valence-corrected chi connectivity index (χ2v) is 5.88. The third kappa shape index (κ3) is 7.17. The Labute approximate surface area is 109 Å². The van der Waals surface area contributed by atoms with Crippen LogP contribution in [0, 0.1) is 0 Å². The topological polar surface area (TPSA) is 90.7 Å². The molecule has 1 rings (SSSR count). The highest BCUT2D eigenvalue weighted by Crippen LogP contribution is 2.11. The summed E-state index contributed by atoms with van der Waals surface area (Å²) in [6, 6.07) is 0.0846. The zero-order valence-electron chi connectivity index (χ0n) is 9.92. The molecular weight excluding hydrogens is 268 g/mol. The molecule has 104 valence electrons. The Morgan fingerprint density at radius 3 is 2.71 bits per heavy atom. The molecule has 0 aliphatic carbocycles. The smallest absolute Gasteiger partial charge is 0.213 e. The maximum Gasteiger partial charge on any atom is 0.213 e. The fourth-order valence-corrected chi connectivity index (χ4v) is 2.44. The van der Waals surface area contributed by atoms with Crippen molar-refractivity contribution in [2.24, 2.45) is 5.73 Å². The summed E-state index contributed by atoms with van der Waals surface area (Å²) in [4.78, 5) is 0. The summed E-state index contributed by atoms with van der Waals surface area (Å²) in [6.07, 6.45) is 1.62. The highest BCUT2D eigenvalue weighted by Gasteiger charge is 2.20. The fraction of sp³-hybridized carbons (Fsp3) is 1.00. The minimum Gasteiger partial charge on any atom is -0.384 e. The van der Waals surface area contributed by atoms with Crippen LogP contribution in [0.1, 0.15) is 12.8 Å². The fourth-order valence-electron chi connectivity index (χ4n) is 1.47. The minimum atomic E-state index is -3.24. The van der Waals surface area contributed by atoms with Crippen molar-refractivity contribution < 1.29 is 17.9 Å². The van der Waals surface area contributed by atoms with Gasteiger partial charge in [0.2, 0.25) is 10.0 Å². The molecule has 0 unspecified atom stereocenters. The molecule has 2 atom stereocenters. The zero-order valence-corrected chi connectivity index (χ0v) is 11.6. The van der Waals surface area contributed by atoms with Crippen molar-refractivity contribution in [3.63, 3.8) is 0 Å². The number of hydrogen-bond donors (Lipinski definition) is 2. The molecule has 0 saturated carbocycles. The third-order valence-electron chi connectivity index (χ3n) is 2.49. The highest BCUT2D eigenvalue weighted by molar-refractivity contribution is 7.89. The van der Waals surface area contributed by atoms with E-state index in [1.165, 1.54) is 7.11 Å². The molecule has 0 spiro atoms. The molecule has 1 aliphatic heterocycles. The summed E-state index contributed by atoms with van der Waals surface area (Å²) >= 11 is 0. The van der Waals surface area contributed by atoms with Crippen molar-refractivity contribution in [3.05, 3.63) is 0 Å². The molecule has 0 amide bonds. The van der Waals surface area contributed by atoms with Gasteiger partial charge in [0.1, 0.15) is 0 Å². The molecule has 1 fully saturated rings. The van der Waals surface area contributed by atoms with Gasteiger partial charge in [-0.15, -0.1) is 12.4 Å². The van der Waals surface area contributed by atoms with Gasteiger partial charge >= 0.3 is 0 Å². The molecule has 8 heteroatoms. The maximum absolute atomic E-state index is 11.4. The Bertz CT molecular complexity index is 291. The Morgan fingerprint density at radius 2 is 2.18 bits per heavy atom. The van der Waals surface area contributed by atoms with E-state index in [1.807, 2.05) is 0 Å². The van der Waals surface area contributed by atoms with Gasteiger partial charge in [-0.3, -0.25) is 0 Å². The van der Waals surface area contributed by atoms with Gasteiger partial charge in [0.05, 0.1) is 25.1 Å². The number of ether oxygens (including phenoxy) is 2. The van der Waals surface area contributed by atoms with Gasteiger partial charge in [-0.05, 0) is 12.8 Å². The second kappa shape index (κ2) is 8.23. The Balaban J connectivity index is 0.00000256. The molecule has 1 saturated heterocycles. The minimum absolute atomic E-state index is 0. The Hall–Kier alpha value is 0.0800. The maximum atomic E-state index is 11.4. The van der Waals surface area contributed by atoms with Crippen LogP contribution in [-0.4, -0.2) is 53.2 Å². The number of halogens is 1. The van der Waals surface area contributed by atoms with E-state index in [-0.39, 0.29) is 36.9 Å². The first-order chi connectivity index (χ1) is 7.53. The van der Waals surface area contributed by atoms with E-state index in [4.69, 9.17) is 15.2 Å². The average molecular weight is 289 g/mol. The van der Waals surface area contributed by atoms with Gasteiger partial charge in [0.25, 0.3) is 0 Å². The molecule has 0 aromatic rings. The lowest BCUT2D eigenvalue weighted by atomic mass is 10.1. The van der Waals surface area contributed by atoms with Crippen molar-refractivity contribution in [3.8, 4) is 0 Å². The van der Waals surface area contributed by atoms with Crippen molar-refractivity contribution in [2.75, 3.05) is 32.6 Å². The van der Waals surface area contributed by atoms with Crippen LogP contribution in [0.3, 0.4) is 0 Å². The van der Waals surface area contributed by atoms with Gasteiger partial charge < -0.3 is 15.2 Å². The van der Waals surface area contributed by atoms with Crippen molar-refractivity contribution in [1.29, 1.82) is 0 Å². The summed E-state index contributed by atoms with van der Waals surface area (Å²) < 4.78 is 35.5. The van der Waals surface area contributed by atoms with Crippen molar-refractivity contribution in [1.82, 2.24) is 4.72 Å². The summed E-state index contributed by atoms with van der Waals surface area (Å²) in [7, 11) is -1.77. The third-order valence-corrected chi connectivity index (χ3v) is 3.80. The number of nitrogens with one attached hydrogen (secondary N) is 1. The van der Waals surface area contributed by atoms with Crippen LogP contribution < -0.4 is 10.5 Å².